The number of non-ortho nitro benzene ring substituents is 1. The Bertz CT molecular complexity index is 808. The maximum absolute atomic E-state index is 13.1. The first-order valence-corrected chi connectivity index (χ1v) is 8.13. The Kier molecular flexibility index (Phi) is 4.34. The van der Waals surface area contributed by atoms with Gasteiger partial charge in [0.25, 0.3) is 5.69 Å². The van der Waals surface area contributed by atoms with E-state index in [0.717, 1.165) is 42.7 Å². The van der Waals surface area contributed by atoms with Crippen LogP contribution >= 0.6 is 0 Å². The molecule has 1 aliphatic heterocycles. The molecular weight excluding hydrogens is 304 g/mol. The van der Waals surface area contributed by atoms with Crippen molar-refractivity contribution >= 4 is 17.2 Å². The number of hydrogen-bond acceptors (Lipinski definition) is 4. The summed E-state index contributed by atoms with van der Waals surface area (Å²) in [6.45, 7) is 5.63. The monoisotopic (exact) mass is 324 g/mol. The number of nitro groups is 1. The smallest absolute Gasteiger partial charge is 0.270 e. The minimum Gasteiger partial charge on any atom is -0.371 e. The highest BCUT2D eigenvalue weighted by atomic mass is 16.6. The van der Waals surface area contributed by atoms with Gasteiger partial charge < -0.3 is 4.90 Å². The zero-order valence-corrected chi connectivity index (χ0v) is 13.9. The molecule has 0 saturated carbocycles. The summed E-state index contributed by atoms with van der Waals surface area (Å²) in [5, 5.41) is 11.1. The number of carbonyl (C=O) groups excluding carboxylic acids is 1. The molecule has 0 aliphatic carbocycles. The van der Waals surface area contributed by atoms with Crippen LogP contribution in [0.4, 0.5) is 11.4 Å². The van der Waals surface area contributed by atoms with Crippen molar-refractivity contribution in [3.63, 3.8) is 0 Å². The van der Waals surface area contributed by atoms with Gasteiger partial charge in [0.05, 0.1) is 10.5 Å². The number of rotatable bonds is 4. The Morgan fingerprint density at radius 2 is 1.75 bits per heavy atom. The molecule has 24 heavy (non-hydrogen) atoms. The van der Waals surface area contributed by atoms with E-state index in [4.69, 9.17) is 0 Å². The van der Waals surface area contributed by atoms with Crippen LogP contribution in [0.5, 0.6) is 0 Å². The molecule has 1 fully saturated rings. The molecule has 0 N–H and O–H groups in total. The van der Waals surface area contributed by atoms with Crippen molar-refractivity contribution in [1.82, 2.24) is 0 Å². The van der Waals surface area contributed by atoms with E-state index < -0.39 is 4.92 Å². The second-order valence-electron chi connectivity index (χ2n) is 6.30. The lowest BCUT2D eigenvalue weighted by Gasteiger charge is -2.21. The van der Waals surface area contributed by atoms with E-state index in [0.29, 0.717) is 11.1 Å². The molecule has 0 unspecified atom stereocenters. The number of anilines is 1. The third kappa shape index (κ3) is 3.02. The van der Waals surface area contributed by atoms with E-state index in [-0.39, 0.29) is 11.5 Å². The summed E-state index contributed by atoms with van der Waals surface area (Å²) in [5.74, 6) is -0.155. The van der Waals surface area contributed by atoms with Crippen molar-refractivity contribution < 1.29 is 9.72 Å². The summed E-state index contributed by atoms with van der Waals surface area (Å²) < 4.78 is 0. The number of ketones is 1. The zero-order chi connectivity index (χ0) is 17.3. The summed E-state index contributed by atoms with van der Waals surface area (Å²) in [7, 11) is 0. The van der Waals surface area contributed by atoms with Gasteiger partial charge in [-0.05, 0) is 38.3 Å². The third-order valence-electron chi connectivity index (χ3n) is 4.51. The fraction of sp³-hybridized carbons (Fsp3) is 0.316. The fourth-order valence-electron chi connectivity index (χ4n) is 3.27. The predicted octanol–water partition coefficient (Wildman–Crippen LogP) is 4.04. The molecule has 0 aromatic heterocycles. The van der Waals surface area contributed by atoms with Gasteiger partial charge in [0.1, 0.15) is 0 Å². The van der Waals surface area contributed by atoms with E-state index >= 15 is 0 Å². The first-order valence-electron chi connectivity index (χ1n) is 8.13. The van der Waals surface area contributed by atoms with E-state index in [1.807, 2.05) is 26.0 Å². The lowest BCUT2D eigenvalue weighted by Crippen LogP contribution is -2.21. The molecule has 0 spiro atoms. The van der Waals surface area contributed by atoms with Crippen molar-refractivity contribution in [2.24, 2.45) is 0 Å². The second kappa shape index (κ2) is 6.43. The zero-order valence-electron chi connectivity index (χ0n) is 13.9. The van der Waals surface area contributed by atoms with Crippen LogP contribution in [0.3, 0.4) is 0 Å². The fourth-order valence-corrected chi connectivity index (χ4v) is 3.27. The molecule has 0 bridgehead atoms. The summed E-state index contributed by atoms with van der Waals surface area (Å²) in [6.07, 6.45) is 2.16. The lowest BCUT2D eigenvalue weighted by atomic mass is 9.96. The summed E-state index contributed by atoms with van der Waals surface area (Å²) in [5.41, 5.74) is 3.73. The van der Waals surface area contributed by atoms with Gasteiger partial charge in [-0.2, -0.15) is 0 Å². The topological polar surface area (TPSA) is 63.4 Å². The van der Waals surface area contributed by atoms with E-state index in [9.17, 15) is 14.9 Å². The van der Waals surface area contributed by atoms with Crippen LogP contribution in [0.2, 0.25) is 0 Å². The maximum Gasteiger partial charge on any atom is 0.270 e. The molecule has 1 saturated heterocycles. The molecule has 1 aliphatic rings. The molecule has 2 aromatic rings. The Labute approximate surface area is 141 Å². The van der Waals surface area contributed by atoms with Crippen molar-refractivity contribution in [1.29, 1.82) is 0 Å². The van der Waals surface area contributed by atoms with Gasteiger partial charge in [-0.25, -0.2) is 0 Å². The van der Waals surface area contributed by atoms with Crippen LogP contribution < -0.4 is 4.90 Å². The van der Waals surface area contributed by atoms with Crippen LogP contribution in [0, 0.1) is 24.0 Å². The predicted molar refractivity (Wildman–Crippen MR) is 93.9 cm³/mol. The highest BCUT2D eigenvalue weighted by Crippen LogP contribution is 2.30. The average Bonchev–Trinajstić information content (AvgIpc) is 3.08. The first-order chi connectivity index (χ1) is 11.5. The Morgan fingerprint density at radius 1 is 1.04 bits per heavy atom. The van der Waals surface area contributed by atoms with E-state index in [1.54, 1.807) is 12.1 Å². The van der Waals surface area contributed by atoms with Gasteiger partial charge in [0.2, 0.25) is 0 Å². The molecule has 5 nitrogen and oxygen atoms in total. The number of nitro benzene ring substituents is 1. The summed E-state index contributed by atoms with van der Waals surface area (Å²) in [6, 6.07) is 10.3. The molecule has 0 atom stereocenters. The summed E-state index contributed by atoms with van der Waals surface area (Å²) >= 11 is 0. The molecule has 5 heteroatoms. The quantitative estimate of drug-likeness (QED) is 0.484. The first kappa shape index (κ1) is 16.2. The highest BCUT2D eigenvalue weighted by Gasteiger charge is 2.24. The number of benzene rings is 2. The number of aryl methyl sites for hydroxylation is 2. The molecule has 3 rings (SSSR count). The van der Waals surface area contributed by atoms with E-state index in [1.165, 1.54) is 12.1 Å². The minimum atomic E-state index is -0.452. The SMILES string of the molecule is Cc1ccc(C(=O)c2cc([N+](=O)[O-])ccc2N2CCCC2)c(C)c1. The molecule has 1 heterocycles. The van der Waals surface area contributed by atoms with Crippen molar-refractivity contribution in [2.75, 3.05) is 18.0 Å². The van der Waals surface area contributed by atoms with Crippen LogP contribution in [0.1, 0.15) is 39.9 Å². The highest BCUT2D eigenvalue weighted by molar-refractivity contribution is 6.13. The van der Waals surface area contributed by atoms with Crippen molar-refractivity contribution in [3.05, 3.63) is 68.8 Å². The second-order valence-corrected chi connectivity index (χ2v) is 6.30. The number of nitrogens with zero attached hydrogens (tertiary/aromatic N) is 2. The normalized spacial score (nSPS) is 14.0. The number of carbonyl (C=O) groups is 1. The largest absolute Gasteiger partial charge is 0.371 e. The average molecular weight is 324 g/mol. The molecule has 124 valence electrons. The Hall–Kier alpha value is -2.69. The standard InChI is InChI=1S/C19H20N2O3/c1-13-5-7-16(14(2)11-13)19(22)17-12-15(21(23)24)6-8-18(17)20-9-3-4-10-20/h5-8,11-12H,3-4,9-10H2,1-2H3. The van der Waals surface area contributed by atoms with Gasteiger partial charge in [0, 0.05) is 36.5 Å². The summed E-state index contributed by atoms with van der Waals surface area (Å²) in [4.78, 5) is 25.9. The van der Waals surface area contributed by atoms with Gasteiger partial charge in [-0.3, -0.25) is 14.9 Å². The van der Waals surface area contributed by atoms with Gasteiger partial charge in [-0.15, -0.1) is 0 Å². The molecule has 0 radical (unpaired) electrons. The van der Waals surface area contributed by atoms with Crippen LogP contribution in [0.15, 0.2) is 36.4 Å². The Morgan fingerprint density at radius 3 is 2.38 bits per heavy atom. The third-order valence-corrected chi connectivity index (χ3v) is 4.51. The van der Waals surface area contributed by atoms with E-state index in [2.05, 4.69) is 4.90 Å². The maximum atomic E-state index is 13.1. The van der Waals surface area contributed by atoms with Crippen molar-refractivity contribution in [3.8, 4) is 0 Å². The number of hydrogen-bond donors (Lipinski definition) is 0. The van der Waals surface area contributed by atoms with Crippen LogP contribution in [-0.4, -0.2) is 23.8 Å². The minimum absolute atomic E-state index is 0.0499. The molecule has 2 aromatic carbocycles. The van der Waals surface area contributed by atoms with Gasteiger partial charge in [0.15, 0.2) is 5.78 Å². The van der Waals surface area contributed by atoms with Crippen molar-refractivity contribution in [2.45, 2.75) is 26.7 Å². The van der Waals surface area contributed by atoms with Gasteiger partial charge in [-0.1, -0.05) is 23.8 Å². The Balaban J connectivity index is 2.10. The lowest BCUT2D eigenvalue weighted by molar-refractivity contribution is -0.384. The van der Waals surface area contributed by atoms with Gasteiger partial charge >= 0.3 is 0 Å². The molecular formula is C19H20N2O3. The molecule has 0 amide bonds. The van der Waals surface area contributed by atoms with Crippen LogP contribution in [0.25, 0.3) is 0 Å². The van der Waals surface area contributed by atoms with Crippen LogP contribution in [-0.2, 0) is 0 Å².